The van der Waals surface area contributed by atoms with Gasteiger partial charge in [-0.1, -0.05) is 60.7 Å². The molecule has 1 aliphatic heterocycles. The number of nitrogens with one attached hydrogen (secondary N) is 2. The van der Waals surface area contributed by atoms with Gasteiger partial charge in [0.15, 0.2) is 6.10 Å². The normalized spacial score (nSPS) is 17.5. The van der Waals surface area contributed by atoms with Crippen LogP contribution in [0.2, 0.25) is 0 Å². The molecule has 3 atom stereocenters. The van der Waals surface area contributed by atoms with E-state index >= 15 is 0 Å². The smallest absolute Gasteiger partial charge is 0.254 e. The van der Waals surface area contributed by atoms with E-state index < -0.39 is 40.6 Å². The van der Waals surface area contributed by atoms with Crippen LogP contribution in [0, 0.1) is 19.7 Å². The van der Waals surface area contributed by atoms with E-state index in [9.17, 15) is 23.9 Å². The number of aliphatic hydroxyl groups excluding tert-OH is 1. The molecule has 4 rings (SSSR count). The molecule has 9 heteroatoms. The molecule has 0 saturated carbocycles. The van der Waals surface area contributed by atoms with E-state index in [1.807, 2.05) is 75.4 Å². The maximum absolute atomic E-state index is 14.2. The fraction of sp³-hybridized carbons (Fsp3) is 0.344. The first-order valence-electron chi connectivity index (χ1n) is 13.5. The monoisotopic (exact) mass is 577 g/mol. The summed E-state index contributed by atoms with van der Waals surface area (Å²) in [5.41, 5.74) is 3.11. The Hall–Kier alpha value is -3.69. The van der Waals surface area contributed by atoms with Crippen LogP contribution in [0.1, 0.15) is 46.5 Å². The highest BCUT2D eigenvalue weighted by Crippen LogP contribution is 2.40. The topological polar surface area (TPSA) is 98.7 Å². The number of amides is 3. The van der Waals surface area contributed by atoms with Crippen molar-refractivity contribution in [3.63, 3.8) is 0 Å². The highest BCUT2D eigenvalue weighted by atomic mass is 32.2. The molecule has 0 aliphatic carbocycles. The highest BCUT2D eigenvalue weighted by molar-refractivity contribution is 8.00. The summed E-state index contributed by atoms with van der Waals surface area (Å²) in [7, 11) is 0. The zero-order chi connectivity index (χ0) is 29.7. The van der Waals surface area contributed by atoms with Gasteiger partial charge in [0.05, 0.1) is 11.9 Å². The minimum atomic E-state index is -1.64. The minimum absolute atomic E-state index is 0.119. The van der Waals surface area contributed by atoms with Crippen molar-refractivity contribution in [1.29, 1.82) is 0 Å². The van der Waals surface area contributed by atoms with Crippen molar-refractivity contribution in [2.75, 3.05) is 5.88 Å². The molecule has 0 bridgehead atoms. The number of halogens is 1. The molecule has 1 aliphatic rings. The molecule has 0 spiro atoms. The second-order valence-electron chi connectivity index (χ2n) is 10.9. The number of nitrogens with zero attached hydrogens (tertiary/aromatic N) is 1. The molecule has 7 nitrogen and oxygen atoms in total. The van der Waals surface area contributed by atoms with Gasteiger partial charge in [0, 0.05) is 16.9 Å². The average Bonchev–Trinajstić information content (AvgIpc) is 3.28. The van der Waals surface area contributed by atoms with Gasteiger partial charge in [-0.3, -0.25) is 14.4 Å². The molecular formula is C32H36FN3O4S. The summed E-state index contributed by atoms with van der Waals surface area (Å²) in [6.45, 7) is 7.57. The molecule has 216 valence electrons. The Morgan fingerprint density at radius 3 is 2.41 bits per heavy atom. The van der Waals surface area contributed by atoms with Crippen LogP contribution in [-0.4, -0.2) is 56.5 Å². The van der Waals surface area contributed by atoms with E-state index in [1.165, 1.54) is 41.8 Å². The summed E-state index contributed by atoms with van der Waals surface area (Å²) in [5.74, 6) is -1.89. The van der Waals surface area contributed by atoms with E-state index in [2.05, 4.69) is 10.6 Å². The molecule has 3 aromatic carbocycles. The Morgan fingerprint density at radius 1 is 1.02 bits per heavy atom. The molecule has 1 heterocycles. The number of carbonyl (C=O) groups is 3. The Balaban J connectivity index is 1.56. The summed E-state index contributed by atoms with van der Waals surface area (Å²) in [6, 6.07) is 19.3. The summed E-state index contributed by atoms with van der Waals surface area (Å²) < 4.78 is 13.6. The summed E-state index contributed by atoms with van der Waals surface area (Å²) in [6.07, 6.45) is -1.49. The lowest BCUT2D eigenvalue weighted by atomic mass is 9.96. The number of thioether (sulfide) groups is 1. The molecule has 1 fully saturated rings. The van der Waals surface area contributed by atoms with Gasteiger partial charge in [-0.25, -0.2) is 4.39 Å². The maximum atomic E-state index is 14.2. The van der Waals surface area contributed by atoms with Gasteiger partial charge in [0.25, 0.3) is 11.8 Å². The Kier molecular flexibility index (Phi) is 9.50. The summed E-state index contributed by atoms with van der Waals surface area (Å²) in [4.78, 5) is 41.9. The number of carbonyl (C=O) groups excluding carboxylic acids is 3. The highest BCUT2D eigenvalue weighted by Gasteiger charge is 2.49. The first kappa shape index (κ1) is 30.3. The van der Waals surface area contributed by atoms with Gasteiger partial charge >= 0.3 is 0 Å². The number of hydrogen-bond acceptors (Lipinski definition) is 5. The standard InChI is InChI=1S/C32H36FN3O4S/c1-20-11-8-9-14-23(20)18-34-30(39)28-32(3,4)41-19-36(28)31(40)27(37)26(17-22-12-6-5-7-13-22)35-29(38)24-15-10-16-25(33)21(24)2/h5-16,26-28,37H,17-19H2,1-4H3,(H,34,39)(H,35,38)/t26-,27-,28?/m0/s1. The van der Waals surface area contributed by atoms with Crippen LogP contribution in [0.4, 0.5) is 4.39 Å². The third kappa shape index (κ3) is 6.97. The third-order valence-electron chi connectivity index (χ3n) is 7.55. The van der Waals surface area contributed by atoms with E-state index in [0.29, 0.717) is 6.54 Å². The molecule has 0 radical (unpaired) electrons. The van der Waals surface area contributed by atoms with Crippen LogP contribution >= 0.6 is 11.8 Å². The van der Waals surface area contributed by atoms with Crippen molar-refractivity contribution in [3.8, 4) is 0 Å². The van der Waals surface area contributed by atoms with Gasteiger partial charge in [0.2, 0.25) is 5.91 Å². The molecule has 3 N–H and O–H groups in total. The van der Waals surface area contributed by atoms with Gasteiger partial charge in [-0.05, 0) is 68.5 Å². The first-order valence-corrected chi connectivity index (χ1v) is 14.5. The number of benzene rings is 3. The Morgan fingerprint density at radius 2 is 1.71 bits per heavy atom. The van der Waals surface area contributed by atoms with E-state index in [1.54, 1.807) is 0 Å². The lowest BCUT2D eigenvalue weighted by Crippen LogP contribution is -2.58. The van der Waals surface area contributed by atoms with Gasteiger partial charge in [0.1, 0.15) is 11.9 Å². The number of hydrogen-bond donors (Lipinski definition) is 3. The first-order chi connectivity index (χ1) is 19.5. The van der Waals surface area contributed by atoms with Crippen molar-refractivity contribution >= 4 is 29.5 Å². The fourth-order valence-corrected chi connectivity index (χ4v) is 6.19. The van der Waals surface area contributed by atoms with Crippen LogP contribution in [0.3, 0.4) is 0 Å². The van der Waals surface area contributed by atoms with Crippen molar-refractivity contribution in [1.82, 2.24) is 15.5 Å². The number of rotatable bonds is 9. The predicted molar refractivity (Wildman–Crippen MR) is 159 cm³/mol. The van der Waals surface area contributed by atoms with Crippen molar-refractivity contribution in [3.05, 3.63) is 106 Å². The molecular weight excluding hydrogens is 541 g/mol. The summed E-state index contributed by atoms with van der Waals surface area (Å²) >= 11 is 1.45. The second kappa shape index (κ2) is 12.9. The fourth-order valence-electron chi connectivity index (χ4n) is 5.05. The lowest BCUT2D eigenvalue weighted by Gasteiger charge is -2.33. The second-order valence-corrected chi connectivity index (χ2v) is 12.5. The number of aliphatic hydroxyl groups is 1. The van der Waals surface area contributed by atoms with E-state index in [-0.39, 0.29) is 29.3 Å². The van der Waals surface area contributed by atoms with E-state index in [4.69, 9.17) is 0 Å². The Labute approximate surface area is 244 Å². The average molecular weight is 578 g/mol. The van der Waals surface area contributed by atoms with Gasteiger partial charge < -0.3 is 20.6 Å². The van der Waals surface area contributed by atoms with Crippen LogP contribution in [-0.2, 0) is 22.6 Å². The van der Waals surface area contributed by atoms with Crippen LogP contribution in [0.25, 0.3) is 0 Å². The Bertz CT molecular complexity index is 1420. The maximum Gasteiger partial charge on any atom is 0.254 e. The largest absolute Gasteiger partial charge is 0.381 e. The van der Waals surface area contributed by atoms with E-state index in [0.717, 1.165) is 16.7 Å². The zero-order valence-corrected chi connectivity index (χ0v) is 24.5. The predicted octanol–water partition coefficient (Wildman–Crippen LogP) is 4.14. The SMILES string of the molecule is Cc1ccccc1CNC(=O)C1N(C(=O)[C@@H](O)[C@H](Cc2ccccc2)NC(=O)c2cccc(F)c2C)CSC1(C)C. The minimum Gasteiger partial charge on any atom is -0.381 e. The quantitative estimate of drug-likeness (QED) is 0.355. The van der Waals surface area contributed by atoms with Crippen LogP contribution in [0.5, 0.6) is 0 Å². The van der Waals surface area contributed by atoms with Crippen LogP contribution < -0.4 is 10.6 Å². The molecule has 3 amide bonds. The molecule has 1 saturated heterocycles. The van der Waals surface area contributed by atoms with Crippen molar-refractivity contribution in [2.24, 2.45) is 0 Å². The number of aryl methyl sites for hydroxylation is 1. The van der Waals surface area contributed by atoms with Crippen molar-refractivity contribution in [2.45, 2.75) is 63.6 Å². The molecule has 0 aromatic heterocycles. The summed E-state index contributed by atoms with van der Waals surface area (Å²) in [5, 5.41) is 17.1. The molecule has 3 aromatic rings. The van der Waals surface area contributed by atoms with Gasteiger partial charge in [-0.15, -0.1) is 11.8 Å². The van der Waals surface area contributed by atoms with Crippen LogP contribution in [0.15, 0.2) is 72.8 Å². The van der Waals surface area contributed by atoms with Gasteiger partial charge in [-0.2, -0.15) is 0 Å². The lowest BCUT2D eigenvalue weighted by molar-refractivity contribution is -0.147. The zero-order valence-electron chi connectivity index (χ0n) is 23.7. The molecule has 1 unspecified atom stereocenters. The molecule has 41 heavy (non-hydrogen) atoms. The third-order valence-corrected chi connectivity index (χ3v) is 8.93. The van der Waals surface area contributed by atoms with Crippen molar-refractivity contribution < 1.29 is 23.9 Å².